The standard InChI is InChI=1S/C18H20F3NO4/c1-17(2)9-13(14(17)15(24)18(19,20)21)22-12(16(25)26-3)8-10-4-6-11(23)7-5-10/h4-7,12,22-23H,8-9H2,1-3H3. The zero-order chi connectivity index (χ0) is 19.7. The lowest BCUT2D eigenvalue weighted by atomic mass is 9.67. The predicted octanol–water partition coefficient (Wildman–Crippen LogP) is 2.88. The van der Waals surface area contributed by atoms with Gasteiger partial charge in [-0.25, -0.2) is 4.79 Å². The van der Waals surface area contributed by atoms with Crippen molar-refractivity contribution in [2.24, 2.45) is 5.41 Å². The Labute approximate surface area is 148 Å². The van der Waals surface area contributed by atoms with E-state index in [1.807, 2.05) is 0 Å². The molecule has 8 heteroatoms. The number of hydrogen-bond donors (Lipinski definition) is 2. The molecule has 2 rings (SSSR count). The topological polar surface area (TPSA) is 75.6 Å². The summed E-state index contributed by atoms with van der Waals surface area (Å²) in [5, 5.41) is 12.1. The zero-order valence-electron chi connectivity index (χ0n) is 14.6. The number of aromatic hydroxyl groups is 1. The maximum atomic E-state index is 12.9. The van der Waals surface area contributed by atoms with Crippen LogP contribution >= 0.6 is 0 Å². The number of ketones is 1. The van der Waals surface area contributed by atoms with Gasteiger partial charge in [-0.15, -0.1) is 0 Å². The molecule has 1 aromatic rings. The molecule has 0 radical (unpaired) electrons. The quantitative estimate of drug-likeness (QED) is 0.752. The minimum atomic E-state index is -4.97. The summed E-state index contributed by atoms with van der Waals surface area (Å²) in [5.74, 6) is -2.50. The number of carbonyl (C=O) groups excluding carboxylic acids is 2. The van der Waals surface area contributed by atoms with Gasteiger partial charge in [0.2, 0.25) is 0 Å². The second-order valence-corrected chi connectivity index (χ2v) is 6.83. The molecule has 0 bridgehead atoms. The van der Waals surface area contributed by atoms with E-state index < -0.39 is 29.4 Å². The number of phenols is 1. The van der Waals surface area contributed by atoms with Gasteiger partial charge in [0, 0.05) is 23.1 Å². The lowest BCUT2D eigenvalue weighted by molar-refractivity contribution is -0.168. The van der Waals surface area contributed by atoms with Crippen molar-refractivity contribution in [3.63, 3.8) is 0 Å². The molecule has 0 amide bonds. The average molecular weight is 371 g/mol. The fourth-order valence-corrected chi connectivity index (χ4v) is 3.04. The first-order valence-electron chi connectivity index (χ1n) is 7.93. The van der Waals surface area contributed by atoms with Crippen molar-refractivity contribution >= 4 is 11.8 Å². The summed E-state index contributed by atoms with van der Waals surface area (Å²) < 4.78 is 43.3. The Morgan fingerprint density at radius 1 is 1.27 bits per heavy atom. The maximum Gasteiger partial charge on any atom is 0.454 e. The normalized spacial score (nSPS) is 17.3. The van der Waals surface area contributed by atoms with Gasteiger partial charge in [-0.3, -0.25) is 4.79 Å². The number of benzene rings is 1. The zero-order valence-corrected chi connectivity index (χ0v) is 14.6. The van der Waals surface area contributed by atoms with E-state index in [4.69, 9.17) is 4.74 Å². The third-order valence-corrected chi connectivity index (χ3v) is 4.29. The third kappa shape index (κ3) is 4.17. The Hall–Kier alpha value is -2.51. The van der Waals surface area contributed by atoms with E-state index in [1.165, 1.54) is 19.2 Å². The number of alkyl halides is 3. The SMILES string of the molecule is COC(=O)C(Cc1ccc(O)cc1)NC1=C(C(=O)C(F)(F)F)C(C)(C)C1. The number of carbonyl (C=O) groups is 2. The van der Waals surface area contributed by atoms with Crippen LogP contribution < -0.4 is 5.32 Å². The largest absolute Gasteiger partial charge is 0.508 e. The van der Waals surface area contributed by atoms with Crippen LogP contribution in [0.15, 0.2) is 35.5 Å². The van der Waals surface area contributed by atoms with Crippen LogP contribution in [0.3, 0.4) is 0 Å². The molecule has 26 heavy (non-hydrogen) atoms. The van der Waals surface area contributed by atoms with Gasteiger partial charge < -0.3 is 15.2 Å². The molecule has 0 saturated carbocycles. The summed E-state index contributed by atoms with van der Waals surface area (Å²) in [7, 11) is 1.18. The molecule has 0 heterocycles. The van der Waals surface area contributed by atoms with E-state index in [0.717, 1.165) is 0 Å². The number of nitrogens with one attached hydrogen (secondary N) is 1. The minimum absolute atomic E-state index is 0.0536. The van der Waals surface area contributed by atoms with Crippen LogP contribution in [-0.4, -0.2) is 36.2 Å². The summed E-state index contributed by atoms with van der Waals surface area (Å²) in [6, 6.07) is 5.11. The molecule has 1 unspecified atom stereocenters. The van der Waals surface area contributed by atoms with Crippen LogP contribution in [0.1, 0.15) is 25.8 Å². The molecule has 0 saturated heterocycles. The van der Waals surface area contributed by atoms with Gasteiger partial charge in [0.15, 0.2) is 0 Å². The summed E-state index contributed by atoms with van der Waals surface area (Å²) >= 11 is 0. The summed E-state index contributed by atoms with van der Waals surface area (Å²) in [6.45, 7) is 3.09. The Kier molecular flexibility index (Phi) is 5.34. The number of rotatable bonds is 6. The second kappa shape index (κ2) is 7.01. The van der Waals surface area contributed by atoms with Crippen LogP contribution in [0.2, 0.25) is 0 Å². The fourth-order valence-electron chi connectivity index (χ4n) is 3.04. The van der Waals surface area contributed by atoms with E-state index in [9.17, 15) is 27.9 Å². The number of halogens is 3. The highest BCUT2D eigenvalue weighted by Crippen LogP contribution is 2.47. The van der Waals surface area contributed by atoms with Crippen molar-refractivity contribution in [3.8, 4) is 5.75 Å². The van der Waals surface area contributed by atoms with Gasteiger partial charge in [-0.1, -0.05) is 26.0 Å². The molecule has 5 nitrogen and oxygen atoms in total. The number of ether oxygens (including phenoxy) is 1. The number of hydrogen-bond acceptors (Lipinski definition) is 5. The number of methoxy groups -OCH3 is 1. The van der Waals surface area contributed by atoms with Crippen LogP contribution in [0.5, 0.6) is 5.75 Å². The molecule has 0 aliphatic heterocycles. The summed E-state index contributed by atoms with van der Waals surface area (Å²) in [4.78, 5) is 23.8. The highest BCUT2D eigenvalue weighted by Gasteiger charge is 2.51. The Morgan fingerprint density at radius 2 is 1.85 bits per heavy atom. The van der Waals surface area contributed by atoms with Gasteiger partial charge in [-0.2, -0.15) is 13.2 Å². The first kappa shape index (κ1) is 19.8. The van der Waals surface area contributed by atoms with Gasteiger partial charge in [0.05, 0.1) is 7.11 Å². The van der Waals surface area contributed by atoms with E-state index >= 15 is 0 Å². The van der Waals surface area contributed by atoms with E-state index in [1.54, 1.807) is 26.0 Å². The predicted molar refractivity (Wildman–Crippen MR) is 87.2 cm³/mol. The monoisotopic (exact) mass is 371 g/mol. The molecular weight excluding hydrogens is 351 g/mol. The first-order valence-corrected chi connectivity index (χ1v) is 7.93. The molecular formula is C18H20F3NO4. The molecule has 1 aliphatic rings. The van der Waals surface area contributed by atoms with Gasteiger partial charge in [0.1, 0.15) is 11.8 Å². The lowest BCUT2D eigenvalue weighted by Crippen LogP contribution is -2.48. The van der Waals surface area contributed by atoms with Crippen molar-refractivity contribution in [3.05, 3.63) is 41.1 Å². The summed E-state index contributed by atoms with van der Waals surface area (Å²) in [6.07, 6.45) is -4.63. The highest BCUT2D eigenvalue weighted by atomic mass is 19.4. The van der Waals surface area contributed by atoms with Crippen molar-refractivity contribution in [2.45, 2.75) is 38.9 Å². The maximum absolute atomic E-state index is 12.9. The molecule has 1 atom stereocenters. The van der Waals surface area contributed by atoms with E-state index in [2.05, 4.69) is 5.32 Å². The Balaban J connectivity index is 2.28. The van der Waals surface area contributed by atoms with Crippen LogP contribution in [0.25, 0.3) is 0 Å². The third-order valence-electron chi connectivity index (χ3n) is 4.29. The van der Waals surface area contributed by atoms with E-state index in [-0.39, 0.29) is 29.9 Å². The van der Waals surface area contributed by atoms with Crippen molar-refractivity contribution in [2.75, 3.05) is 7.11 Å². The number of Topliss-reactive ketones (excluding diaryl/α,β-unsaturated/α-hetero) is 1. The second-order valence-electron chi connectivity index (χ2n) is 6.83. The number of allylic oxidation sites excluding steroid dienone is 2. The lowest BCUT2D eigenvalue weighted by Gasteiger charge is -2.41. The van der Waals surface area contributed by atoms with Crippen LogP contribution in [-0.2, 0) is 20.7 Å². The van der Waals surface area contributed by atoms with Crippen molar-refractivity contribution in [1.82, 2.24) is 5.32 Å². The molecule has 0 aromatic heterocycles. The minimum Gasteiger partial charge on any atom is -0.508 e. The summed E-state index contributed by atoms with van der Waals surface area (Å²) in [5.41, 5.74) is -0.501. The Morgan fingerprint density at radius 3 is 2.31 bits per heavy atom. The smallest absolute Gasteiger partial charge is 0.454 e. The Bertz CT molecular complexity index is 736. The fraction of sp³-hybridized carbons (Fsp3) is 0.444. The molecule has 1 aromatic carbocycles. The molecule has 1 aliphatic carbocycles. The van der Waals surface area contributed by atoms with Gasteiger partial charge >= 0.3 is 12.1 Å². The van der Waals surface area contributed by atoms with Crippen LogP contribution in [0, 0.1) is 5.41 Å². The molecule has 142 valence electrons. The molecule has 2 N–H and O–H groups in total. The highest BCUT2D eigenvalue weighted by molar-refractivity contribution is 6.02. The number of phenolic OH excluding ortho intramolecular Hbond substituents is 1. The van der Waals surface area contributed by atoms with Gasteiger partial charge in [0.25, 0.3) is 5.78 Å². The van der Waals surface area contributed by atoms with Crippen molar-refractivity contribution < 1.29 is 32.6 Å². The molecule has 0 spiro atoms. The van der Waals surface area contributed by atoms with Crippen molar-refractivity contribution in [1.29, 1.82) is 0 Å². The van der Waals surface area contributed by atoms with Crippen LogP contribution in [0.4, 0.5) is 13.2 Å². The average Bonchev–Trinajstić information content (AvgIpc) is 2.53. The number of esters is 1. The van der Waals surface area contributed by atoms with E-state index in [0.29, 0.717) is 5.56 Å². The first-order chi connectivity index (χ1) is 12.0. The molecule has 0 fully saturated rings. The van der Waals surface area contributed by atoms with Gasteiger partial charge in [-0.05, 0) is 24.1 Å².